The molecule has 4 aromatic rings. The highest BCUT2D eigenvalue weighted by Crippen LogP contribution is 2.35. The minimum atomic E-state index is -0.244. The first-order valence-corrected chi connectivity index (χ1v) is 12.6. The lowest BCUT2D eigenvalue weighted by Gasteiger charge is -2.18. The zero-order chi connectivity index (χ0) is 21.9. The summed E-state index contributed by atoms with van der Waals surface area (Å²) in [6.45, 7) is 1.85. The quantitative estimate of drug-likeness (QED) is 0.407. The molecular formula is C25H22N2O3S2. The van der Waals surface area contributed by atoms with Gasteiger partial charge in [-0.1, -0.05) is 53.8 Å². The van der Waals surface area contributed by atoms with Gasteiger partial charge in [0.05, 0.1) is 10.2 Å². The topological polar surface area (TPSA) is 52.8 Å². The molecule has 1 aliphatic heterocycles. The van der Waals surface area contributed by atoms with E-state index in [9.17, 15) is 4.79 Å². The maximum Gasteiger partial charge on any atom is 0.279 e. The van der Waals surface area contributed by atoms with Gasteiger partial charge in [0, 0.05) is 30.0 Å². The zero-order valence-electron chi connectivity index (χ0n) is 17.6. The number of aromatic nitrogens is 1. The molecule has 32 heavy (non-hydrogen) atoms. The van der Waals surface area contributed by atoms with Crippen LogP contribution in [-0.2, 0) is 6.54 Å². The Kier molecular flexibility index (Phi) is 6.01. The summed E-state index contributed by atoms with van der Waals surface area (Å²) >= 11 is 3.26. The number of nitrogens with zero attached hydrogens (tertiary/aromatic N) is 2. The van der Waals surface area contributed by atoms with Crippen LogP contribution in [0.1, 0.15) is 10.4 Å². The predicted octanol–water partition coefficient (Wildman–Crippen LogP) is 5.25. The van der Waals surface area contributed by atoms with Gasteiger partial charge in [0.2, 0.25) is 0 Å². The fraction of sp³-hybridized carbons (Fsp3) is 0.200. The molecule has 0 fully saturated rings. The molecule has 2 heterocycles. The number of benzene rings is 3. The van der Waals surface area contributed by atoms with E-state index in [4.69, 9.17) is 9.47 Å². The maximum absolute atomic E-state index is 13.0. The third-order valence-corrected chi connectivity index (χ3v) is 6.93. The lowest BCUT2D eigenvalue weighted by atomic mass is 10.0. The van der Waals surface area contributed by atoms with Crippen molar-refractivity contribution in [1.82, 2.24) is 4.57 Å². The highest BCUT2D eigenvalue weighted by atomic mass is 32.2. The fourth-order valence-corrected chi connectivity index (χ4v) is 5.11. The molecule has 0 saturated carbocycles. The first kappa shape index (κ1) is 20.8. The van der Waals surface area contributed by atoms with E-state index in [2.05, 4.69) is 27.9 Å². The highest BCUT2D eigenvalue weighted by Gasteiger charge is 2.17. The maximum atomic E-state index is 13.0. The standard InChI is InChI=1S/C25H22N2O3S2/c1-31-14-11-27-20-15-21-22(30-13-12-29-21)16-23(20)32-25(27)26-24(28)19-9-7-18(8-10-19)17-5-3-2-4-6-17/h2-10,15-16H,11-14H2,1H3. The molecule has 1 aromatic heterocycles. The van der Waals surface area contributed by atoms with Gasteiger partial charge < -0.3 is 14.0 Å². The molecule has 0 spiro atoms. The van der Waals surface area contributed by atoms with Gasteiger partial charge in [0.15, 0.2) is 16.3 Å². The van der Waals surface area contributed by atoms with Gasteiger partial charge in [-0.3, -0.25) is 4.79 Å². The monoisotopic (exact) mass is 462 g/mol. The second kappa shape index (κ2) is 9.22. The number of carbonyl (C=O) groups is 1. The van der Waals surface area contributed by atoms with Crippen LogP contribution in [0.2, 0.25) is 0 Å². The van der Waals surface area contributed by atoms with Crippen LogP contribution in [0, 0.1) is 0 Å². The van der Waals surface area contributed by atoms with Gasteiger partial charge in [0.1, 0.15) is 13.2 Å². The molecule has 3 aromatic carbocycles. The van der Waals surface area contributed by atoms with Crippen LogP contribution in [0.5, 0.6) is 11.5 Å². The fourth-order valence-electron chi connectivity index (χ4n) is 3.68. The Bertz CT molecular complexity index is 1330. The molecule has 5 nitrogen and oxygen atoms in total. The number of hydrogen-bond donors (Lipinski definition) is 0. The first-order chi connectivity index (χ1) is 15.7. The number of thioether (sulfide) groups is 1. The normalized spacial score (nSPS) is 13.5. The first-order valence-electron chi connectivity index (χ1n) is 10.4. The van der Waals surface area contributed by atoms with Crippen molar-refractivity contribution in [2.24, 2.45) is 4.99 Å². The summed E-state index contributed by atoms with van der Waals surface area (Å²) in [5, 5.41) is 0. The van der Waals surface area contributed by atoms with Crippen LogP contribution < -0.4 is 14.3 Å². The molecule has 0 unspecified atom stereocenters. The van der Waals surface area contributed by atoms with E-state index in [1.165, 1.54) is 11.3 Å². The third kappa shape index (κ3) is 4.18. The molecule has 0 radical (unpaired) electrons. The smallest absolute Gasteiger partial charge is 0.279 e. The summed E-state index contributed by atoms with van der Waals surface area (Å²) in [6.07, 6.45) is 2.07. The molecule has 0 atom stereocenters. The highest BCUT2D eigenvalue weighted by molar-refractivity contribution is 7.98. The van der Waals surface area contributed by atoms with Crippen LogP contribution in [0.25, 0.3) is 21.3 Å². The van der Waals surface area contributed by atoms with Gasteiger partial charge in [-0.25, -0.2) is 0 Å². The van der Waals surface area contributed by atoms with Crippen molar-refractivity contribution in [3.05, 3.63) is 77.1 Å². The molecule has 0 bridgehead atoms. The van der Waals surface area contributed by atoms with Gasteiger partial charge in [-0.2, -0.15) is 16.8 Å². The Morgan fingerprint density at radius 2 is 1.69 bits per heavy atom. The minimum absolute atomic E-state index is 0.244. The summed E-state index contributed by atoms with van der Waals surface area (Å²) in [6, 6.07) is 21.7. The average molecular weight is 463 g/mol. The van der Waals surface area contributed by atoms with Gasteiger partial charge in [-0.05, 0) is 29.5 Å². The molecular weight excluding hydrogens is 440 g/mol. The SMILES string of the molecule is CSCCn1c(=NC(=O)c2ccc(-c3ccccc3)cc2)sc2cc3c(cc21)OCCO3. The second-order valence-electron chi connectivity index (χ2n) is 7.35. The van der Waals surface area contributed by atoms with Crippen LogP contribution >= 0.6 is 23.1 Å². The lowest BCUT2D eigenvalue weighted by Crippen LogP contribution is -2.18. The Hall–Kier alpha value is -3.03. The van der Waals surface area contributed by atoms with Crippen molar-refractivity contribution in [1.29, 1.82) is 0 Å². The predicted molar refractivity (Wildman–Crippen MR) is 131 cm³/mol. The van der Waals surface area contributed by atoms with E-state index in [0.29, 0.717) is 23.6 Å². The van der Waals surface area contributed by atoms with Crippen molar-refractivity contribution in [2.45, 2.75) is 6.54 Å². The number of ether oxygens (including phenoxy) is 2. The zero-order valence-corrected chi connectivity index (χ0v) is 19.2. The van der Waals surface area contributed by atoms with E-state index < -0.39 is 0 Å². The number of rotatable bonds is 5. The van der Waals surface area contributed by atoms with Crippen molar-refractivity contribution >= 4 is 39.2 Å². The Labute approximate surface area is 194 Å². The van der Waals surface area contributed by atoms with E-state index in [-0.39, 0.29) is 5.91 Å². The number of aryl methyl sites for hydroxylation is 1. The minimum Gasteiger partial charge on any atom is -0.486 e. The van der Waals surface area contributed by atoms with E-state index in [1.807, 2.05) is 54.6 Å². The lowest BCUT2D eigenvalue weighted by molar-refractivity contribution is 0.0998. The van der Waals surface area contributed by atoms with E-state index in [1.54, 1.807) is 11.8 Å². The van der Waals surface area contributed by atoms with Gasteiger partial charge >= 0.3 is 0 Å². The molecule has 1 aliphatic rings. The molecule has 0 aliphatic carbocycles. The molecule has 7 heteroatoms. The van der Waals surface area contributed by atoms with Gasteiger partial charge in [-0.15, -0.1) is 0 Å². The Morgan fingerprint density at radius 3 is 2.41 bits per heavy atom. The van der Waals surface area contributed by atoms with E-state index in [0.717, 1.165) is 45.1 Å². The Balaban J connectivity index is 1.52. The van der Waals surface area contributed by atoms with Crippen LogP contribution in [0.3, 0.4) is 0 Å². The largest absolute Gasteiger partial charge is 0.486 e. The molecule has 1 amide bonds. The summed E-state index contributed by atoms with van der Waals surface area (Å²) in [5.74, 6) is 2.17. The van der Waals surface area contributed by atoms with Crippen molar-refractivity contribution < 1.29 is 14.3 Å². The molecule has 0 saturated heterocycles. The van der Waals surface area contributed by atoms with Gasteiger partial charge in [0.25, 0.3) is 5.91 Å². The number of hydrogen-bond acceptors (Lipinski definition) is 5. The summed E-state index contributed by atoms with van der Waals surface area (Å²) in [7, 11) is 0. The summed E-state index contributed by atoms with van der Waals surface area (Å²) in [4.78, 5) is 18.2. The molecule has 0 N–H and O–H groups in total. The Morgan fingerprint density at radius 1 is 1.00 bits per heavy atom. The molecule has 162 valence electrons. The number of fused-ring (bicyclic) bond motifs is 2. The average Bonchev–Trinajstić information content (AvgIpc) is 3.17. The number of carbonyl (C=O) groups excluding carboxylic acids is 1. The number of thiazole rings is 1. The van der Waals surface area contributed by atoms with Crippen LogP contribution in [-0.4, -0.2) is 35.7 Å². The summed E-state index contributed by atoms with van der Waals surface area (Å²) < 4.78 is 14.6. The van der Waals surface area contributed by atoms with Crippen molar-refractivity contribution in [3.63, 3.8) is 0 Å². The van der Waals surface area contributed by atoms with Crippen molar-refractivity contribution in [3.8, 4) is 22.6 Å². The second-order valence-corrected chi connectivity index (χ2v) is 9.35. The van der Waals surface area contributed by atoms with Crippen LogP contribution in [0.15, 0.2) is 71.7 Å². The summed E-state index contributed by atoms with van der Waals surface area (Å²) in [5.41, 5.74) is 3.78. The van der Waals surface area contributed by atoms with E-state index >= 15 is 0 Å². The number of amides is 1. The van der Waals surface area contributed by atoms with Crippen LogP contribution in [0.4, 0.5) is 0 Å². The third-order valence-electron chi connectivity index (χ3n) is 5.30. The van der Waals surface area contributed by atoms with Crippen molar-refractivity contribution in [2.75, 3.05) is 25.2 Å². The molecule has 5 rings (SSSR count).